The first kappa shape index (κ1) is 27.4. The zero-order chi connectivity index (χ0) is 28.4. The van der Waals surface area contributed by atoms with Crippen LogP contribution in [0.2, 0.25) is 0 Å². The van der Waals surface area contributed by atoms with Crippen LogP contribution in [0.1, 0.15) is 78.9 Å². The number of aryl methyl sites for hydroxylation is 1. The van der Waals surface area contributed by atoms with Crippen molar-refractivity contribution in [3.8, 4) is 11.3 Å². The summed E-state index contributed by atoms with van der Waals surface area (Å²) in [6.45, 7) is 16.0. The van der Waals surface area contributed by atoms with Crippen LogP contribution in [0.4, 0.5) is 5.69 Å². The molecule has 5 heteroatoms. The molecule has 1 aliphatic heterocycles. The van der Waals surface area contributed by atoms with E-state index in [1.165, 1.54) is 59.9 Å². The van der Waals surface area contributed by atoms with Crippen molar-refractivity contribution >= 4 is 34.3 Å². The van der Waals surface area contributed by atoms with Gasteiger partial charge in [-0.3, -0.25) is 4.99 Å². The van der Waals surface area contributed by atoms with Crippen LogP contribution in [-0.2, 0) is 6.54 Å². The van der Waals surface area contributed by atoms with E-state index in [2.05, 4.69) is 53.2 Å². The summed E-state index contributed by atoms with van der Waals surface area (Å²) >= 11 is 0. The Bertz CT molecular complexity index is 1590. The number of nitrogens with one attached hydrogen (secondary N) is 1. The van der Waals surface area contributed by atoms with Gasteiger partial charge >= 0.3 is 5.97 Å². The summed E-state index contributed by atoms with van der Waals surface area (Å²) in [7, 11) is 0. The van der Waals surface area contributed by atoms with Crippen molar-refractivity contribution in [3.05, 3.63) is 95.2 Å². The molecule has 0 amide bonds. The second-order valence-electron chi connectivity index (χ2n) is 11.0. The van der Waals surface area contributed by atoms with Gasteiger partial charge in [-0.25, -0.2) is 4.79 Å². The van der Waals surface area contributed by atoms with Crippen molar-refractivity contribution in [2.75, 3.05) is 11.9 Å². The second kappa shape index (κ2) is 11.5. The summed E-state index contributed by atoms with van der Waals surface area (Å²) in [6, 6.07) is 10.1. The average Bonchev–Trinajstić information content (AvgIpc) is 3.16. The van der Waals surface area contributed by atoms with Gasteiger partial charge in [-0.15, -0.1) is 0 Å². The summed E-state index contributed by atoms with van der Waals surface area (Å²) in [5.41, 5.74) is 11.1. The molecule has 2 aromatic carbocycles. The predicted molar refractivity (Wildman–Crippen MR) is 169 cm³/mol. The Labute approximate surface area is 237 Å². The molecule has 1 saturated carbocycles. The molecule has 0 saturated heterocycles. The fraction of sp³-hybridized carbons (Fsp3) is 0.314. The number of aromatic carboxylic acids is 1. The van der Waals surface area contributed by atoms with Gasteiger partial charge < -0.3 is 15.0 Å². The van der Waals surface area contributed by atoms with Gasteiger partial charge in [0.25, 0.3) is 0 Å². The number of fused-ring (bicyclic) bond motifs is 5. The Kier molecular flexibility index (Phi) is 7.92. The van der Waals surface area contributed by atoms with Gasteiger partial charge in [0.15, 0.2) is 0 Å². The molecule has 1 aromatic heterocycles. The molecule has 0 bridgehead atoms. The third kappa shape index (κ3) is 5.08. The van der Waals surface area contributed by atoms with Gasteiger partial charge in [-0.2, -0.15) is 0 Å². The quantitative estimate of drug-likeness (QED) is 0.235. The van der Waals surface area contributed by atoms with Gasteiger partial charge in [0.2, 0.25) is 0 Å². The molecule has 1 fully saturated rings. The SMILES string of the molecule is C=C(/C=C\c1c(C)ccc2c1NCCn1c-2c(C2CCCCC2)c2ccc(C(=O)O)cc21)C(=C)C(C)=N/C=C\C. The third-order valence-electron chi connectivity index (χ3n) is 8.41. The lowest BCUT2D eigenvalue weighted by atomic mass is 9.81. The number of hydrogen-bond acceptors (Lipinski definition) is 3. The number of carbonyl (C=O) groups is 1. The van der Waals surface area contributed by atoms with E-state index in [9.17, 15) is 9.90 Å². The van der Waals surface area contributed by atoms with E-state index >= 15 is 0 Å². The molecular formula is C35H39N3O2. The molecule has 2 N–H and O–H groups in total. The number of anilines is 1. The van der Waals surface area contributed by atoms with E-state index in [1.54, 1.807) is 12.3 Å². The highest BCUT2D eigenvalue weighted by molar-refractivity contribution is 6.03. The molecule has 0 unspecified atom stereocenters. The number of hydrogen-bond donors (Lipinski definition) is 2. The fourth-order valence-corrected chi connectivity index (χ4v) is 6.24. The molecule has 0 spiro atoms. The van der Waals surface area contributed by atoms with E-state index in [0.717, 1.165) is 46.7 Å². The topological polar surface area (TPSA) is 66.6 Å². The fourth-order valence-electron chi connectivity index (χ4n) is 6.24. The highest BCUT2D eigenvalue weighted by Crippen LogP contribution is 2.47. The number of aliphatic imine (C=N–C) groups is 1. The largest absolute Gasteiger partial charge is 0.478 e. The number of carboxylic acids is 1. The summed E-state index contributed by atoms with van der Waals surface area (Å²) in [5.74, 6) is -0.420. The van der Waals surface area contributed by atoms with Crippen LogP contribution in [-0.4, -0.2) is 27.9 Å². The molecule has 206 valence electrons. The highest BCUT2D eigenvalue weighted by Gasteiger charge is 2.29. The van der Waals surface area contributed by atoms with Crippen LogP contribution in [0.25, 0.3) is 28.2 Å². The zero-order valence-electron chi connectivity index (χ0n) is 23.9. The summed E-state index contributed by atoms with van der Waals surface area (Å²) < 4.78 is 2.36. The van der Waals surface area contributed by atoms with E-state index < -0.39 is 5.97 Å². The first-order chi connectivity index (χ1) is 19.3. The highest BCUT2D eigenvalue weighted by atomic mass is 16.4. The Hall–Kier alpha value is -4.12. The Morgan fingerprint density at radius 1 is 1.15 bits per heavy atom. The molecule has 0 radical (unpaired) electrons. The Morgan fingerprint density at radius 3 is 2.65 bits per heavy atom. The molecular weight excluding hydrogens is 494 g/mol. The van der Waals surface area contributed by atoms with Crippen molar-refractivity contribution in [1.82, 2.24) is 4.57 Å². The summed E-state index contributed by atoms with van der Waals surface area (Å²) in [4.78, 5) is 16.3. The molecule has 2 heterocycles. The van der Waals surface area contributed by atoms with Crippen molar-refractivity contribution in [3.63, 3.8) is 0 Å². The van der Waals surface area contributed by atoms with E-state index in [0.29, 0.717) is 11.5 Å². The lowest BCUT2D eigenvalue weighted by Gasteiger charge is -2.24. The van der Waals surface area contributed by atoms with Crippen LogP contribution in [0.5, 0.6) is 0 Å². The molecule has 5 rings (SSSR count). The maximum absolute atomic E-state index is 11.9. The van der Waals surface area contributed by atoms with Gasteiger partial charge in [-0.05, 0) is 73.9 Å². The standard InChI is InChI=1S/C35H39N3O2/c1-6-18-36-25(5)24(4)22(2)12-15-28-23(3)13-16-30-33(28)37-19-20-38-31-21-27(35(39)40)14-17-29(31)32(34(30)38)26-10-8-7-9-11-26/h6,12-18,21,26,37H,2,4,7-11,19-20H2,1,3,5H3,(H,39,40)/b15-12-,18-6-,36-25?. The molecule has 2 aliphatic rings. The minimum Gasteiger partial charge on any atom is -0.478 e. The molecule has 0 atom stereocenters. The number of nitrogens with zero attached hydrogens (tertiary/aromatic N) is 2. The minimum atomic E-state index is -0.889. The number of carboxylic acid groups (broad SMARTS) is 1. The summed E-state index contributed by atoms with van der Waals surface area (Å²) in [5, 5.41) is 14.7. The normalized spacial score (nSPS) is 16.1. The molecule has 1 aliphatic carbocycles. The number of allylic oxidation sites excluding steroid dienone is 4. The van der Waals surface area contributed by atoms with E-state index in [1.807, 2.05) is 38.1 Å². The van der Waals surface area contributed by atoms with Crippen LogP contribution < -0.4 is 5.32 Å². The number of benzene rings is 2. The van der Waals surface area contributed by atoms with Crippen molar-refractivity contribution in [1.29, 1.82) is 0 Å². The predicted octanol–water partition coefficient (Wildman–Crippen LogP) is 8.91. The zero-order valence-corrected chi connectivity index (χ0v) is 23.9. The monoisotopic (exact) mass is 533 g/mol. The maximum Gasteiger partial charge on any atom is 0.335 e. The average molecular weight is 534 g/mol. The maximum atomic E-state index is 11.9. The molecule has 5 nitrogen and oxygen atoms in total. The van der Waals surface area contributed by atoms with Gasteiger partial charge in [0, 0.05) is 47.0 Å². The first-order valence-electron chi connectivity index (χ1n) is 14.3. The Balaban J connectivity index is 1.67. The van der Waals surface area contributed by atoms with Crippen molar-refractivity contribution < 1.29 is 9.90 Å². The smallest absolute Gasteiger partial charge is 0.335 e. The van der Waals surface area contributed by atoms with Crippen molar-refractivity contribution in [2.45, 2.75) is 65.3 Å². The molecule has 40 heavy (non-hydrogen) atoms. The second-order valence-corrected chi connectivity index (χ2v) is 11.0. The molecule has 3 aromatic rings. The van der Waals surface area contributed by atoms with E-state index in [4.69, 9.17) is 0 Å². The number of rotatable bonds is 7. The Morgan fingerprint density at radius 2 is 1.93 bits per heavy atom. The summed E-state index contributed by atoms with van der Waals surface area (Å²) in [6.07, 6.45) is 13.9. The van der Waals surface area contributed by atoms with Crippen molar-refractivity contribution in [2.24, 2.45) is 4.99 Å². The van der Waals surface area contributed by atoms with Crippen LogP contribution in [0.15, 0.2) is 78.0 Å². The van der Waals surface area contributed by atoms with Gasteiger partial charge in [0.05, 0.1) is 16.9 Å². The van der Waals surface area contributed by atoms with Crippen LogP contribution >= 0.6 is 0 Å². The van der Waals surface area contributed by atoms with Gasteiger partial charge in [-0.1, -0.05) is 68.8 Å². The van der Waals surface area contributed by atoms with Crippen LogP contribution in [0, 0.1) is 6.92 Å². The lowest BCUT2D eigenvalue weighted by molar-refractivity contribution is 0.0697. The third-order valence-corrected chi connectivity index (χ3v) is 8.41. The minimum absolute atomic E-state index is 0.333. The van der Waals surface area contributed by atoms with E-state index in [-0.39, 0.29) is 0 Å². The van der Waals surface area contributed by atoms with Gasteiger partial charge in [0.1, 0.15) is 0 Å². The number of aromatic nitrogens is 1. The lowest BCUT2D eigenvalue weighted by Crippen LogP contribution is -2.08. The van der Waals surface area contributed by atoms with Crippen LogP contribution in [0.3, 0.4) is 0 Å². The first-order valence-corrected chi connectivity index (χ1v) is 14.3.